The van der Waals surface area contributed by atoms with Gasteiger partial charge in [0.25, 0.3) is 0 Å². The van der Waals surface area contributed by atoms with Crippen LogP contribution in [-0.2, 0) is 0 Å². The zero-order chi connectivity index (χ0) is 32.7. The van der Waals surface area contributed by atoms with Crippen LogP contribution in [0.15, 0.2) is 193 Å². The summed E-state index contributed by atoms with van der Waals surface area (Å²) in [6.07, 6.45) is 12.5. The maximum atomic E-state index is 6.17. The van der Waals surface area contributed by atoms with Gasteiger partial charge in [0.15, 0.2) is 5.75 Å². The van der Waals surface area contributed by atoms with Gasteiger partial charge in [0.1, 0.15) is 5.75 Å². The molecule has 0 spiro atoms. The number of anilines is 4. The Bertz CT molecular complexity index is 2210. The first-order valence-electron chi connectivity index (χ1n) is 16.1. The molecule has 6 aromatic carbocycles. The van der Waals surface area contributed by atoms with Crippen molar-refractivity contribution < 1.29 is 4.74 Å². The molecule has 0 aliphatic carbocycles. The molecule has 7 rings (SSSR count). The van der Waals surface area contributed by atoms with E-state index >= 15 is 0 Å². The number of hydrogen-bond donors (Lipinski definition) is 2. The average Bonchev–Trinajstić information content (AvgIpc) is 3.15. The lowest BCUT2D eigenvalue weighted by Crippen LogP contribution is -2.22. The van der Waals surface area contributed by atoms with Crippen LogP contribution in [0.25, 0.3) is 21.5 Å². The van der Waals surface area contributed by atoms with Crippen molar-refractivity contribution in [3.63, 3.8) is 0 Å². The van der Waals surface area contributed by atoms with E-state index in [1.54, 1.807) is 0 Å². The van der Waals surface area contributed by atoms with Crippen molar-refractivity contribution in [1.82, 2.24) is 0 Å². The number of nitrogens with zero attached hydrogens (tertiary/aromatic N) is 1. The molecule has 0 saturated heterocycles. The Kier molecular flexibility index (Phi) is 8.88. The van der Waals surface area contributed by atoms with Crippen molar-refractivity contribution in [2.75, 3.05) is 22.1 Å². The predicted molar refractivity (Wildman–Crippen MR) is 204 cm³/mol. The highest BCUT2D eigenvalue weighted by atomic mass is 16.5. The molecule has 2 N–H and O–H groups in total. The number of rotatable bonds is 7. The molecule has 0 saturated carbocycles. The highest BCUT2D eigenvalue weighted by molar-refractivity contribution is 6.08. The smallest absolute Gasteiger partial charge is 0.150 e. The Morgan fingerprint density at radius 3 is 2.25 bits per heavy atom. The first-order valence-corrected chi connectivity index (χ1v) is 16.1. The van der Waals surface area contributed by atoms with Gasteiger partial charge < -0.3 is 20.3 Å². The summed E-state index contributed by atoms with van der Waals surface area (Å²) in [4.78, 5) is 2.24. The van der Waals surface area contributed by atoms with Crippen LogP contribution >= 0.6 is 0 Å². The lowest BCUT2D eigenvalue weighted by Gasteiger charge is -2.24. The molecule has 6 aromatic rings. The van der Waals surface area contributed by atoms with E-state index in [1.807, 2.05) is 66.7 Å². The maximum Gasteiger partial charge on any atom is 0.150 e. The van der Waals surface area contributed by atoms with E-state index in [-0.39, 0.29) is 0 Å². The van der Waals surface area contributed by atoms with Gasteiger partial charge in [-0.2, -0.15) is 0 Å². The summed E-state index contributed by atoms with van der Waals surface area (Å²) < 4.78 is 6.17. The molecule has 0 fully saturated rings. The topological polar surface area (TPSA) is 36.5 Å². The van der Waals surface area contributed by atoms with E-state index in [2.05, 4.69) is 132 Å². The van der Waals surface area contributed by atoms with Crippen molar-refractivity contribution in [1.29, 1.82) is 0 Å². The predicted octanol–water partition coefficient (Wildman–Crippen LogP) is 11.9. The molecule has 1 heterocycles. The second-order valence-electron chi connectivity index (χ2n) is 11.8. The molecular formula is C44H37N3O. The normalized spacial score (nSPS) is 17.0. The number of hydrogen-bond acceptors (Lipinski definition) is 4. The van der Waals surface area contributed by atoms with Crippen molar-refractivity contribution >= 4 is 44.3 Å². The van der Waals surface area contributed by atoms with E-state index in [4.69, 9.17) is 4.74 Å². The van der Waals surface area contributed by atoms with Crippen LogP contribution in [0.1, 0.15) is 6.92 Å². The van der Waals surface area contributed by atoms with E-state index < -0.39 is 0 Å². The fraction of sp³-hybridized carbons (Fsp3) is 0.0455. The highest BCUT2D eigenvalue weighted by Gasteiger charge is 2.11. The van der Waals surface area contributed by atoms with Gasteiger partial charge >= 0.3 is 0 Å². The SMILES string of the molecule is C=C1/C=C\C=C/N(c2ccc(Nc3ccccc3Oc3ccccc3)cc2)C/C(Nc2ccc3c(ccc4ccccc43)c2)=C\C=C\1C. The summed E-state index contributed by atoms with van der Waals surface area (Å²) >= 11 is 0. The quantitative estimate of drug-likeness (QED) is 0.174. The van der Waals surface area contributed by atoms with Gasteiger partial charge in [-0.25, -0.2) is 0 Å². The minimum atomic E-state index is 0.636. The lowest BCUT2D eigenvalue weighted by atomic mass is 10.0. The summed E-state index contributed by atoms with van der Waals surface area (Å²) in [5.41, 5.74) is 7.13. The van der Waals surface area contributed by atoms with Crippen LogP contribution in [0, 0.1) is 0 Å². The number of allylic oxidation sites excluding steroid dienone is 7. The second kappa shape index (κ2) is 14.0. The number of benzene rings is 6. The molecule has 234 valence electrons. The third-order valence-electron chi connectivity index (χ3n) is 8.44. The monoisotopic (exact) mass is 623 g/mol. The van der Waals surface area contributed by atoms with Gasteiger partial charge in [0.2, 0.25) is 0 Å². The van der Waals surface area contributed by atoms with Crippen molar-refractivity contribution in [3.05, 3.63) is 193 Å². The van der Waals surface area contributed by atoms with Gasteiger partial charge in [-0.05, 0) is 112 Å². The van der Waals surface area contributed by atoms with Crippen LogP contribution in [-0.4, -0.2) is 6.54 Å². The molecule has 1 aliphatic heterocycles. The Balaban J connectivity index is 1.14. The van der Waals surface area contributed by atoms with E-state index in [0.29, 0.717) is 6.54 Å². The van der Waals surface area contributed by atoms with Crippen molar-refractivity contribution in [2.24, 2.45) is 0 Å². The third-order valence-corrected chi connectivity index (χ3v) is 8.44. The molecule has 0 unspecified atom stereocenters. The van der Waals surface area contributed by atoms with Crippen LogP contribution < -0.4 is 20.3 Å². The standard InChI is InChI=1S/C44H37N3O/c1-32-12-10-11-29-47(39-26-23-36(24-27-39)46-43-17-8-9-18-44(43)48-40-14-4-3-5-15-40)31-38(22-19-33(32)2)45-37-25-28-42-35(30-37)21-20-34-13-6-7-16-41(34)42/h3-30,45-46H,1,31H2,2H3/b12-10-,29-11-,33-19+,38-22+. The van der Waals surface area contributed by atoms with Crippen molar-refractivity contribution in [3.8, 4) is 11.5 Å². The van der Waals surface area contributed by atoms with Gasteiger partial charge in [-0.15, -0.1) is 0 Å². The molecule has 0 radical (unpaired) electrons. The van der Waals surface area contributed by atoms with Gasteiger partial charge in [0, 0.05) is 29.0 Å². The Hall–Kier alpha value is -6.26. The van der Waals surface area contributed by atoms with Crippen LogP contribution in [0.4, 0.5) is 22.7 Å². The van der Waals surface area contributed by atoms with Crippen LogP contribution in [0.5, 0.6) is 11.5 Å². The second-order valence-corrected chi connectivity index (χ2v) is 11.8. The molecule has 4 heteroatoms. The van der Waals surface area contributed by atoms with Crippen molar-refractivity contribution in [2.45, 2.75) is 6.92 Å². The number of ether oxygens (including phenoxy) is 1. The van der Waals surface area contributed by atoms with Gasteiger partial charge in [-0.3, -0.25) is 0 Å². The Morgan fingerprint density at radius 1 is 0.646 bits per heavy atom. The number of nitrogens with one attached hydrogen (secondary N) is 2. The molecule has 0 atom stereocenters. The average molecular weight is 624 g/mol. The fourth-order valence-corrected chi connectivity index (χ4v) is 5.78. The van der Waals surface area contributed by atoms with Gasteiger partial charge in [0.05, 0.1) is 12.2 Å². The summed E-state index contributed by atoms with van der Waals surface area (Å²) in [5.74, 6) is 1.56. The summed E-state index contributed by atoms with van der Waals surface area (Å²) in [6.45, 7) is 6.98. The highest BCUT2D eigenvalue weighted by Crippen LogP contribution is 2.33. The third kappa shape index (κ3) is 7.09. The molecular weight excluding hydrogens is 587 g/mol. The zero-order valence-electron chi connectivity index (χ0n) is 26.9. The fourth-order valence-electron chi connectivity index (χ4n) is 5.78. The Labute approximate surface area is 282 Å². The van der Waals surface area contributed by atoms with E-state index in [1.165, 1.54) is 21.5 Å². The molecule has 4 nitrogen and oxygen atoms in total. The first kappa shape index (κ1) is 30.4. The van der Waals surface area contributed by atoms with Crippen LogP contribution in [0.3, 0.4) is 0 Å². The Morgan fingerprint density at radius 2 is 1.38 bits per heavy atom. The molecule has 0 bridgehead atoms. The number of fused-ring (bicyclic) bond motifs is 3. The molecule has 1 aliphatic rings. The largest absolute Gasteiger partial charge is 0.455 e. The zero-order valence-corrected chi connectivity index (χ0v) is 26.9. The maximum absolute atomic E-state index is 6.17. The number of para-hydroxylation sites is 3. The molecule has 48 heavy (non-hydrogen) atoms. The molecule has 0 aromatic heterocycles. The first-order chi connectivity index (χ1) is 23.6. The molecule has 0 amide bonds. The minimum Gasteiger partial charge on any atom is -0.455 e. The lowest BCUT2D eigenvalue weighted by molar-refractivity contribution is 0.485. The summed E-state index contributed by atoms with van der Waals surface area (Å²) in [5, 5.41) is 12.2. The minimum absolute atomic E-state index is 0.636. The van der Waals surface area contributed by atoms with Crippen LogP contribution in [0.2, 0.25) is 0 Å². The van der Waals surface area contributed by atoms with Gasteiger partial charge in [-0.1, -0.05) is 97.6 Å². The van der Waals surface area contributed by atoms with E-state index in [9.17, 15) is 0 Å². The summed E-state index contributed by atoms with van der Waals surface area (Å²) in [6, 6.07) is 45.8. The van der Waals surface area contributed by atoms with E-state index in [0.717, 1.165) is 51.1 Å². The summed E-state index contributed by atoms with van der Waals surface area (Å²) in [7, 11) is 0.